The van der Waals surface area contributed by atoms with E-state index in [1.165, 1.54) is 11.3 Å². The number of aromatic amines is 1. The number of para-hydroxylation sites is 1. The van der Waals surface area contributed by atoms with Crippen molar-refractivity contribution in [2.24, 2.45) is 0 Å². The number of carbonyl (C=O) groups excluding carboxylic acids is 1. The van der Waals surface area contributed by atoms with Crippen molar-refractivity contribution in [2.75, 3.05) is 5.32 Å². The van der Waals surface area contributed by atoms with E-state index >= 15 is 0 Å². The van der Waals surface area contributed by atoms with Crippen molar-refractivity contribution in [3.8, 4) is 0 Å². The summed E-state index contributed by atoms with van der Waals surface area (Å²) in [6.45, 7) is 9.81. The number of aromatic nitrogens is 2. The Kier molecular flexibility index (Phi) is 5.56. The maximum Gasteiger partial charge on any atom is 0.329 e. The molecule has 2 N–H and O–H groups in total. The number of nitrogens with one attached hydrogen (secondary N) is 2. The van der Waals surface area contributed by atoms with Gasteiger partial charge in [0, 0.05) is 10.6 Å². The summed E-state index contributed by atoms with van der Waals surface area (Å²) in [6, 6.07) is 7.70. The Morgan fingerprint density at radius 1 is 1.14 bits per heavy atom. The Labute approximate surface area is 167 Å². The van der Waals surface area contributed by atoms with Gasteiger partial charge in [0.1, 0.15) is 11.4 Å². The van der Waals surface area contributed by atoms with Gasteiger partial charge in [0.25, 0.3) is 5.56 Å². The lowest BCUT2D eigenvalue weighted by Gasteiger charge is -2.20. The molecule has 3 aromatic rings. The van der Waals surface area contributed by atoms with Gasteiger partial charge in [-0.15, -0.1) is 11.3 Å². The molecular formula is C21H25N3O3S. The van der Waals surface area contributed by atoms with Crippen LogP contribution >= 0.6 is 11.3 Å². The molecule has 2 aromatic heterocycles. The Morgan fingerprint density at radius 2 is 1.75 bits per heavy atom. The van der Waals surface area contributed by atoms with E-state index in [0.29, 0.717) is 10.2 Å². The molecule has 0 atom stereocenters. The van der Waals surface area contributed by atoms with E-state index in [9.17, 15) is 14.4 Å². The van der Waals surface area contributed by atoms with Crippen LogP contribution in [0, 0.1) is 6.92 Å². The maximum atomic E-state index is 12.8. The fraction of sp³-hybridized carbons (Fsp3) is 0.381. The molecule has 28 heavy (non-hydrogen) atoms. The zero-order valence-electron chi connectivity index (χ0n) is 16.8. The van der Waals surface area contributed by atoms with Gasteiger partial charge in [0.2, 0.25) is 5.91 Å². The first-order valence-corrected chi connectivity index (χ1v) is 10.2. The topological polar surface area (TPSA) is 84.0 Å². The predicted octanol–water partition coefficient (Wildman–Crippen LogP) is 3.95. The zero-order chi connectivity index (χ0) is 20.6. The van der Waals surface area contributed by atoms with Crippen molar-refractivity contribution in [3.05, 3.63) is 61.1 Å². The summed E-state index contributed by atoms with van der Waals surface area (Å²) in [4.78, 5) is 41.9. The van der Waals surface area contributed by atoms with E-state index in [0.717, 1.165) is 26.3 Å². The molecule has 1 amide bonds. The first kappa shape index (κ1) is 20.1. The van der Waals surface area contributed by atoms with Crippen LogP contribution in [-0.4, -0.2) is 15.5 Å². The number of benzene rings is 1. The Morgan fingerprint density at radius 3 is 2.32 bits per heavy atom. The Hall–Kier alpha value is -2.67. The second-order valence-electron chi connectivity index (χ2n) is 7.59. The van der Waals surface area contributed by atoms with Crippen LogP contribution in [0.4, 0.5) is 5.69 Å². The molecule has 0 fully saturated rings. The molecule has 0 saturated carbocycles. The molecule has 0 bridgehead atoms. The minimum atomic E-state index is -0.573. The molecule has 0 radical (unpaired) electrons. The SMILES string of the molecule is Cc1cc2c(=O)n(CC(=O)Nc3c(C(C)C)cccc3C(C)C)c(=O)[nH]c2s1. The van der Waals surface area contributed by atoms with Crippen LogP contribution < -0.4 is 16.6 Å². The van der Waals surface area contributed by atoms with Gasteiger partial charge in [0.05, 0.1) is 5.39 Å². The largest absolute Gasteiger partial charge is 0.329 e. The van der Waals surface area contributed by atoms with Crippen LogP contribution in [0.1, 0.15) is 55.5 Å². The number of rotatable bonds is 5. The maximum absolute atomic E-state index is 12.8. The minimum Gasteiger partial charge on any atom is -0.324 e. The highest BCUT2D eigenvalue weighted by Gasteiger charge is 2.18. The van der Waals surface area contributed by atoms with Crippen molar-refractivity contribution in [3.63, 3.8) is 0 Å². The van der Waals surface area contributed by atoms with E-state index in [4.69, 9.17) is 0 Å². The molecule has 148 valence electrons. The third kappa shape index (κ3) is 3.80. The molecular weight excluding hydrogens is 374 g/mol. The fourth-order valence-electron chi connectivity index (χ4n) is 3.33. The highest BCUT2D eigenvalue weighted by atomic mass is 32.1. The molecule has 2 heterocycles. The monoisotopic (exact) mass is 399 g/mol. The summed E-state index contributed by atoms with van der Waals surface area (Å²) in [6.07, 6.45) is 0. The average Bonchev–Trinajstić information content (AvgIpc) is 2.98. The molecule has 0 aliphatic rings. The number of amides is 1. The Bertz CT molecular complexity index is 1130. The van der Waals surface area contributed by atoms with Gasteiger partial charge in [-0.1, -0.05) is 45.9 Å². The van der Waals surface area contributed by atoms with Gasteiger partial charge < -0.3 is 5.32 Å². The molecule has 1 aromatic carbocycles. The van der Waals surface area contributed by atoms with E-state index < -0.39 is 17.2 Å². The summed E-state index contributed by atoms with van der Waals surface area (Å²) in [5.41, 5.74) is 1.82. The van der Waals surface area contributed by atoms with Crippen LogP contribution in [0.3, 0.4) is 0 Å². The van der Waals surface area contributed by atoms with E-state index in [-0.39, 0.29) is 18.4 Å². The van der Waals surface area contributed by atoms with Gasteiger partial charge in [0.15, 0.2) is 0 Å². The third-order valence-electron chi connectivity index (χ3n) is 4.74. The number of hydrogen-bond donors (Lipinski definition) is 2. The highest BCUT2D eigenvalue weighted by molar-refractivity contribution is 7.18. The molecule has 0 spiro atoms. The first-order chi connectivity index (χ1) is 13.2. The first-order valence-electron chi connectivity index (χ1n) is 9.35. The number of fused-ring (bicyclic) bond motifs is 1. The molecule has 0 aliphatic heterocycles. The third-order valence-corrected chi connectivity index (χ3v) is 5.70. The number of aryl methyl sites for hydroxylation is 1. The second kappa shape index (κ2) is 7.75. The standard InChI is InChI=1S/C21H25N3O3S/c1-11(2)14-7-6-8-15(12(3)4)18(14)22-17(25)10-24-20(26)16-9-13(5)28-19(16)23-21(24)27/h6-9,11-12H,10H2,1-5H3,(H,22,25)(H,23,27). The summed E-state index contributed by atoms with van der Waals surface area (Å²) in [5, 5.41) is 3.38. The molecule has 0 unspecified atom stereocenters. The van der Waals surface area contributed by atoms with Gasteiger partial charge in [-0.2, -0.15) is 0 Å². The summed E-state index contributed by atoms with van der Waals surface area (Å²) >= 11 is 1.35. The van der Waals surface area contributed by atoms with Crippen LogP contribution in [0.25, 0.3) is 10.2 Å². The van der Waals surface area contributed by atoms with Gasteiger partial charge >= 0.3 is 5.69 Å². The number of H-pyrrole nitrogens is 1. The van der Waals surface area contributed by atoms with Crippen molar-refractivity contribution in [1.29, 1.82) is 0 Å². The van der Waals surface area contributed by atoms with Crippen molar-refractivity contribution < 1.29 is 4.79 Å². The van der Waals surface area contributed by atoms with E-state index in [1.54, 1.807) is 6.07 Å². The van der Waals surface area contributed by atoms with E-state index in [2.05, 4.69) is 38.0 Å². The Balaban J connectivity index is 1.97. The number of thiophene rings is 1. The molecule has 0 aliphatic carbocycles. The number of hydrogen-bond acceptors (Lipinski definition) is 4. The second-order valence-corrected chi connectivity index (χ2v) is 8.85. The molecule has 3 rings (SSSR count). The zero-order valence-corrected chi connectivity index (χ0v) is 17.6. The summed E-state index contributed by atoms with van der Waals surface area (Å²) in [5.74, 6) is 0.0596. The van der Waals surface area contributed by atoms with Crippen molar-refractivity contribution in [1.82, 2.24) is 9.55 Å². The number of carbonyl (C=O) groups is 1. The van der Waals surface area contributed by atoms with Crippen LogP contribution in [0.2, 0.25) is 0 Å². The number of nitrogens with zero attached hydrogens (tertiary/aromatic N) is 1. The average molecular weight is 400 g/mol. The van der Waals surface area contributed by atoms with Gasteiger partial charge in [-0.05, 0) is 36.0 Å². The van der Waals surface area contributed by atoms with Crippen LogP contribution in [-0.2, 0) is 11.3 Å². The van der Waals surface area contributed by atoms with Crippen molar-refractivity contribution >= 4 is 33.1 Å². The molecule has 7 heteroatoms. The minimum absolute atomic E-state index is 0.227. The summed E-state index contributed by atoms with van der Waals surface area (Å²) < 4.78 is 0.955. The number of anilines is 1. The smallest absolute Gasteiger partial charge is 0.324 e. The lowest BCUT2D eigenvalue weighted by molar-refractivity contribution is -0.116. The lowest BCUT2D eigenvalue weighted by Crippen LogP contribution is -2.38. The van der Waals surface area contributed by atoms with Crippen molar-refractivity contribution in [2.45, 2.75) is 53.0 Å². The van der Waals surface area contributed by atoms with Gasteiger partial charge in [-0.25, -0.2) is 4.79 Å². The van der Waals surface area contributed by atoms with E-state index in [1.807, 2.05) is 25.1 Å². The molecule has 6 nitrogen and oxygen atoms in total. The normalized spacial score (nSPS) is 11.5. The highest BCUT2D eigenvalue weighted by Crippen LogP contribution is 2.32. The van der Waals surface area contributed by atoms with Crippen LogP contribution in [0.15, 0.2) is 33.9 Å². The van der Waals surface area contributed by atoms with Gasteiger partial charge in [-0.3, -0.25) is 19.1 Å². The quantitative estimate of drug-likeness (QED) is 0.681. The predicted molar refractivity (Wildman–Crippen MR) is 115 cm³/mol. The lowest BCUT2D eigenvalue weighted by atomic mass is 9.92. The molecule has 0 saturated heterocycles. The summed E-state index contributed by atoms with van der Waals surface area (Å²) in [7, 11) is 0. The van der Waals surface area contributed by atoms with Crippen LogP contribution in [0.5, 0.6) is 0 Å². The fourth-order valence-corrected chi connectivity index (χ4v) is 4.22.